The van der Waals surface area contributed by atoms with Gasteiger partial charge in [-0.2, -0.15) is 0 Å². The lowest BCUT2D eigenvalue weighted by molar-refractivity contribution is -0.139. The molecule has 0 amide bonds. The van der Waals surface area contributed by atoms with Gasteiger partial charge in [0, 0.05) is 18.6 Å². The largest absolute Gasteiger partial charge is 0.480 e. The van der Waals surface area contributed by atoms with Crippen LogP contribution in [0.3, 0.4) is 0 Å². The van der Waals surface area contributed by atoms with Crippen LogP contribution in [-0.2, 0) is 4.79 Å². The van der Waals surface area contributed by atoms with Crippen LogP contribution >= 0.6 is 0 Å². The van der Waals surface area contributed by atoms with E-state index in [2.05, 4.69) is 16.8 Å². The molecule has 0 spiro atoms. The van der Waals surface area contributed by atoms with Gasteiger partial charge >= 0.3 is 5.97 Å². The zero-order valence-electron chi connectivity index (χ0n) is 8.65. The van der Waals surface area contributed by atoms with Crippen molar-refractivity contribution in [1.82, 2.24) is 9.80 Å². The van der Waals surface area contributed by atoms with Crippen molar-refractivity contribution in [3.63, 3.8) is 0 Å². The SMILES string of the molecule is CN1CC[C@H](N(CC(=O)O)C2CC2)C1. The Morgan fingerprint density at radius 3 is 2.57 bits per heavy atom. The normalized spacial score (nSPS) is 28.6. The molecule has 2 rings (SSSR count). The summed E-state index contributed by atoms with van der Waals surface area (Å²) in [5, 5.41) is 8.83. The van der Waals surface area contributed by atoms with Crippen LogP contribution in [0, 0.1) is 0 Å². The summed E-state index contributed by atoms with van der Waals surface area (Å²) < 4.78 is 0. The number of nitrogens with zero attached hydrogens (tertiary/aromatic N) is 2. The molecule has 0 aromatic carbocycles. The highest BCUT2D eigenvalue weighted by atomic mass is 16.4. The standard InChI is InChI=1S/C10H18N2O2/c1-11-5-4-9(6-11)12(7-10(13)14)8-2-3-8/h8-9H,2-7H2,1H3,(H,13,14)/t9-/m0/s1. The summed E-state index contributed by atoms with van der Waals surface area (Å²) in [6.07, 6.45) is 3.50. The summed E-state index contributed by atoms with van der Waals surface area (Å²) in [7, 11) is 2.10. The molecule has 1 saturated carbocycles. The van der Waals surface area contributed by atoms with Crippen molar-refractivity contribution in [1.29, 1.82) is 0 Å². The number of hydrogen-bond donors (Lipinski definition) is 1. The minimum Gasteiger partial charge on any atom is -0.480 e. The molecule has 0 unspecified atom stereocenters. The summed E-state index contributed by atoms with van der Waals surface area (Å²) in [5.41, 5.74) is 0. The third kappa shape index (κ3) is 2.25. The maximum absolute atomic E-state index is 10.7. The van der Waals surface area contributed by atoms with Gasteiger partial charge < -0.3 is 10.0 Å². The summed E-state index contributed by atoms with van der Waals surface area (Å²) >= 11 is 0. The van der Waals surface area contributed by atoms with Gasteiger partial charge in [-0.1, -0.05) is 0 Å². The molecule has 2 fully saturated rings. The van der Waals surface area contributed by atoms with Crippen LogP contribution in [-0.4, -0.2) is 59.6 Å². The smallest absolute Gasteiger partial charge is 0.317 e. The lowest BCUT2D eigenvalue weighted by Crippen LogP contribution is -2.42. The Morgan fingerprint density at radius 1 is 1.43 bits per heavy atom. The average molecular weight is 198 g/mol. The molecule has 0 aromatic heterocycles. The molecule has 1 N–H and O–H groups in total. The number of rotatable bonds is 4. The molecule has 0 radical (unpaired) electrons. The van der Waals surface area contributed by atoms with Crippen LogP contribution in [0.1, 0.15) is 19.3 Å². The van der Waals surface area contributed by atoms with Gasteiger partial charge in [-0.25, -0.2) is 0 Å². The summed E-state index contributed by atoms with van der Waals surface area (Å²) in [4.78, 5) is 15.2. The summed E-state index contributed by atoms with van der Waals surface area (Å²) in [6, 6.07) is 1.03. The number of hydrogen-bond acceptors (Lipinski definition) is 3. The first-order chi connectivity index (χ1) is 6.66. The van der Waals surface area contributed by atoms with Crippen molar-refractivity contribution in [2.24, 2.45) is 0 Å². The van der Waals surface area contributed by atoms with E-state index in [0.717, 1.165) is 19.5 Å². The van der Waals surface area contributed by atoms with Gasteiger partial charge in [0.15, 0.2) is 0 Å². The molecule has 80 valence electrons. The van der Waals surface area contributed by atoms with E-state index >= 15 is 0 Å². The van der Waals surface area contributed by atoms with Crippen molar-refractivity contribution in [2.45, 2.75) is 31.3 Å². The third-order valence-corrected chi connectivity index (χ3v) is 3.17. The van der Waals surface area contributed by atoms with Crippen molar-refractivity contribution < 1.29 is 9.90 Å². The zero-order valence-corrected chi connectivity index (χ0v) is 8.65. The van der Waals surface area contributed by atoms with Crippen LogP contribution in [0.25, 0.3) is 0 Å². The number of carboxylic acid groups (broad SMARTS) is 1. The van der Waals surface area contributed by atoms with Crippen LogP contribution in [0.15, 0.2) is 0 Å². The summed E-state index contributed by atoms with van der Waals surface area (Å²) in [6.45, 7) is 2.36. The van der Waals surface area contributed by atoms with Gasteiger partial charge in [-0.3, -0.25) is 9.69 Å². The van der Waals surface area contributed by atoms with Crippen molar-refractivity contribution in [2.75, 3.05) is 26.7 Å². The highest BCUT2D eigenvalue weighted by molar-refractivity contribution is 5.69. The van der Waals surface area contributed by atoms with E-state index in [-0.39, 0.29) is 6.54 Å². The number of carbonyl (C=O) groups is 1. The Morgan fingerprint density at radius 2 is 2.14 bits per heavy atom. The van der Waals surface area contributed by atoms with Crippen LogP contribution in [0.2, 0.25) is 0 Å². The molecule has 1 saturated heterocycles. The first-order valence-electron chi connectivity index (χ1n) is 5.33. The van der Waals surface area contributed by atoms with Crippen LogP contribution < -0.4 is 0 Å². The van der Waals surface area contributed by atoms with Gasteiger partial charge in [-0.15, -0.1) is 0 Å². The highest BCUT2D eigenvalue weighted by Gasteiger charge is 2.37. The van der Waals surface area contributed by atoms with Gasteiger partial charge in [0.1, 0.15) is 0 Å². The number of likely N-dealkylation sites (N-methyl/N-ethyl adjacent to an activating group) is 1. The molecule has 1 heterocycles. The van der Waals surface area contributed by atoms with E-state index < -0.39 is 5.97 Å². The molecule has 1 aliphatic carbocycles. The number of carboxylic acids is 1. The lowest BCUT2D eigenvalue weighted by atomic mass is 10.2. The Kier molecular flexibility index (Phi) is 2.74. The minimum absolute atomic E-state index is 0.225. The fourth-order valence-corrected chi connectivity index (χ4v) is 2.30. The molecule has 0 bridgehead atoms. The predicted octanol–water partition coefficient (Wildman–Crippen LogP) is 0.239. The molecular weight excluding hydrogens is 180 g/mol. The molecule has 1 atom stereocenters. The van der Waals surface area contributed by atoms with Crippen molar-refractivity contribution >= 4 is 5.97 Å². The topological polar surface area (TPSA) is 43.8 Å². The Balaban J connectivity index is 1.92. The zero-order chi connectivity index (χ0) is 10.1. The molecule has 14 heavy (non-hydrogen) atoms. The highest BCUT2D eigenvalue weighted by Crippen LogP contribution is 2.30. The fourth-order valence-electron chi connectivity index (χ4n) is 2.30. The summed E-state index contributed by atoms with van der Waals surface area (Å²) in [5.74, 6) is -0.688. The van der Waals surface area contributed by atoms with Gasteiger partial charge in [0.2, 0.25) is 0 Å². The second kappa shape index (κ2) is 3.87. The molecule has 4 nitrogen and oxygen atoms in total. The van der Waals surface area contributed by atoms with E-state index in [1.54, 1.807) is 0 Å². The Bertz CT molecular complexity index is 228. The van der Waals surface area contributed by atoms with Crippen LogP contribution in [0.5, 0.6) is 0 Å². The predicted molar refractivity (Wildman–Crippen MR) is 53.3 cm³/mol. The van der Waals surface area contributed by atoms with Crippen molar-refractivity contribution in [3.05, 3.63) is 0 Å². The number of likely N-dealkylation sites (tertiary alicyclic amines) is 1. The van der Waals surface area contributed by atoms with Crippen LogP contribution in [0.4, 0.5) is 0 Å². The lowest BCUT2D eigenvalue weighted by Gasteiger charge is -2.26. The third-order valence-electron chi connectivity index (χ3n) is 3.17. The van der Waals surface area contributed by atoms with E-state index in [1.165, 1.54) is 12.8 Å². The average Bonchev–Trinajstić information content (AvgIpc) is 2.85. The van der Waals surface area contributed by atoms with E-state index in [9.17, 15) is 4.79 Å². The molecule has 2 aliphatic rings. The number of aliphatic carboxylic acids is 1. The Hall–Kier alpha value is -0.610. The monoisotopic (exact) mass is 198 g/mol. The van der Waals surface area contributed by atoms with Crippen molar-refractivity contribution in [3.8, 4) is 0 Å². The maximum Gasteiger partial charge on any atom is 0.317 e. The Labute approximate surface area is 84.5 Å². The molecular formula is C10H18N2O2. The van der Waals surface area contributed by atoms with Gasteiger partial charge in [-0.05, 0) is 32.9 Å². The second-order valence-electron chi connectivity index (χ2n) is 4.50. The fraction of sp³-hybridized carbons (Fsp3) is 0.900. The van der Waals surface area contributed by atoms with Gasteiger partial charge in [0.05, 0.1) is 6.54 Å². The first kappa shape index (κ1) is 9.93. The second-order valence-corrected chi connectivity index (χ2v) is 4.50. The van der Waals surface area contributed by atoms with E-state index in [1.807, 2.05) is 0 Å². The quantitative estimate of drug-likeness (QED) is 0.702. The van der Waals surface area contributed by atoms with Gasteiger partial charge in [0.25, 0.3) is 0 Å². The van der Waals surface area contributed by atoms with E-state index in [0.29, 0.717) is 12.1 Å². The minimum atomic E-state index is -0.688. The molecule has 1 aliphatic heterocycles. The molecule has 0 aromatic rings. The molecule has 4 heteroatoms. The van der Waals surface area contributed by atoms with E-state index in [4.69, 9.17) is 5.11 Å². The maximum atomic E-state index is 10.7. The first-order valence-corrected chi connectivity index (χ1v) is 5.33.